The van der Waals surface area contributed by atoms with Crippen LogP contribution in [0.4, 0.5) is 26.3 Å². The molecule has 2 aromatic rings. The number of hydrogen-bond donors (Lipinski definition) is 1. The first-order chi connectivity index (χ1) is 16.9. The van der Waals surface area contributed by atoms with Gasteiger partial charge in [-0.25, -0.2) is 4.98 Å². The highest BCUT2D eigenvalue weighted by Gasteiger charge is 2.38. The van der Waals surface area contributed by atoms with E-state index in [2.05, 4.69) is 10.3 Å². The van der Waals surface area contributed by atoms with Crippen molar-refractivity contribution in [2.24, 2.45) is 0 Å². The molecule has 0 fully saturated rings. The van der Waals surface area contributed by atoms with Crippen molar-refractivity contribution < 1.29 is 45.4 Å². The molecular weight excluding hydrogens is 516 g/mol. The molecule has 0 atom stereocenters. The molecule has 0 aliphatic carbocycles. The van der Waals surface area contributed by atoms with Crippen molar-refractivity contribution in [3.05, 3.63) is 51.0 Å². The average molecular weight is 542 g/mol. The van der Waals surface area contributed by atoms with Crippen LogP contribution in [-0.2, 0) is 28.4 Å². The van der Waals surface area contributed by atoms with Gasteiger partial charge in [-0.3, -0.25) is 9.59 Å². The summed E-state index contributed by atoms with van der Waals surface area (Å²) >= 11 is 1.03. The van der Waals surface area contributed by atoms with Crippen molar-refractivity contribution in [1.82, 2.24) is 15.2 Å². The molecule has 2 amide bonds. The van der Waals surface area contributed by atoms with Crippen LogP contribution in [-0.4, -0.2) is 62.2 Å². The van der Waals surface area contributed by atoms with Gasteiger partial charge in [0.2, 0.25) is 0 Å². The van der Waals surface area contributed by atoms with Gasteiger partial charge in [0.25, 0.3) is 11.8 Å². The first-order valence-electron chi connectivity index (χ1n) is 10.7. The number of methoxy groups -OCH3 is 2. The Labute approximate surface area is 207 Å². The highest BCUT2D eigenvalue weighted by molar-refractivity contribution is 7.09. The summed E-state index contributed by atoms with van der Waals surface area (Å²) in [5.41, 5.74) is -3.85. The molecule has 36 heavy (non-hydrogen) atoms. The van der Waals surface area contributed by atoms with Gasteiger partial charge >= 0.3 is 12.4 Å². The smallest absolute Gasteiger partial charge is 0.385 e. The van der Waals surface area contributed by atoms with Crippen molar-refractivity contribution in [1.29, 1.82) is 0 Å². The van der Waals surface area contributed by atoms with Gasteiger partial charge < -0.3 is 19.7 Å². The summed E-state index contributed by atoms with van der Waals surface area (Å²) in [4.78, 5) is 30.5. The molecule has 1 heterocycles. The predicted molar refractivity (Wildman–Crippen MR) is 119 cm³/mol. The quantitative estimate of drug-likeness (QED) is 0.313. The number of aromatic nitrogens is 1. The van der Waals surface area contributed by atoms with E-state index in [-0.39, 0.29) is 42.9 Å². The van der Waals surface area contributed by atoms with E-state index in [1.165, 1.54) is 19.6 Å². The molecule has 14 heteroatoms. The second-order valence-electron chi connectivity index (χ2n) is 7.60. The molecule has 1 aromatic heterocycles. The van der Waals surface area contributed by atoms with Crippen LogP contribution in [0.5, 0.6) is 0 Å². The maximum Gasteiger partial charge on any atom is 0.416 e. The highest BCUT2D eigenvalue weighted by atomic mass is 32.1. The molecule has 1 N–H and O–H groups in total. The number of benzene rings is 1. The standard InChI is InChI=1S/C22H25F6N3O4S/c1-34-7-3-5-29-19(32)17-13-36-18(30-17)12-31(6-4-8-35-2)20(33)14-9-15(21(23,24)25)11-16(10-14)22(26,27)28/h9-11,13H,3-8,12H2,1-2H3,(H,29,32). The van der Waals surface area contributed by atoms with Crippen LogP contribution < -0.4 is 5.32 Å². The van der Waals surface area contributed by atoms with Gasteiger partial charge in [0.15, 0.2) is 0 Å². The van der Waals surface area contributed by atoms with Crippen LogP contribution in [0.15, 0.2) is 23.6 Å². The first-order valence-corrected chi connectivity index (χ1v) is 11.5. The lowest BCUT2D eigenvalue weighted by molar-refractivity contribution is -0.143. The van der Waals surface area contributed by atoms with Gasteiger partial charge in [-0.15, -0.1) is 11.3 Å². The maximum absolute atomic E-state index is 13.2. The monoisotopic (exact) mass is 541 g/mol. The normalized spacial score (nSPS) is 12.0. The van der Waals surface area contributed by atoms with Crippen LogP contribution in [0.1, 0.15) is 49.8 Å². The molecule has 0 aliphatic rings. The highest BCUT2D eigenvalue weighted by Crippen LogP contribution is 2.36. The van der Waals surface area contributed by atoms with Crippen molar-refractivity contribution in [2.75, 3.05) is 40.5 Å². The molecule has 1 aromatic carbocycles. The SMILES string of the molecule is COCCCNC(=O)c1csc(CN(CCCOC)C(=O)c2cc(C(F)(F)F)cc(C(F)(F)F)c2)n1. The number of carbonyl (C=O) groups is 2. The Kier molecular flexibility index (Phi) is 10.7. The van der Waals surface area contributed by atoms with E-state index in [4.69, 9.17) is 9.47 Å². The summed E-state index contributed by atoms with van der Waals surface area (Å²) < 4.78 is 89.3. The molecule has 0 radical (unpaired) electrons. The van der Waals surface area contributed by atoms with E-state index < -0.39 is 40.9 Å². The Morgan fingerprint density at radius 1 is 0.972 bits per heavy atom. The number of alkyl halides is 6. The van der Waals surface area contributed by atoms with Crippen molar-refractivity contribution in [3.8, 4) is 0 Å². The number of nitrogens with zero attached hydrogens (tertiary/aromatic N) is 2. The molecule has 0 spiro atoms. The molecule has 200 valence electrons. The zero-order valence-electron chi connectivity index (χ0n) is 19.5. The minimum Gasteiger partial charge on any atom is -0.385 e. The van der Waals surface area contributed by atoms with Crippen molar-refractivity contribution >= 4 is 23.2 Å². The lowest BCUT2D eigenvalue weighted by Gasteiger charge is -2.23. The van der Waals surface area contributed by atoms with E-state index in [1.54, 1.807) is 0 Å². The molecule has 0 saturated carbocycles. The zero-order valence-corrected chi connectivity index (χ0v) is 20.3. The number of carbonyl (C=O) groups excluding carboxylic acids is 2. The number of rotatable bonds is 12. The molecule has 7 nitrogen and oxygen atoms in total. The Hall–Kier alpha value is -2.71. The van der Waals surface area contributed by atoms with E-state index in [9.17, 15) is 35.9 Å². The Morgan fingerprint density at radius 2 is 1.56 bits per heavy atom. The van der Waals surface area contributed by atoms with Gasteiger partial charge in [-0.1, -0.05) is 0 Å². The van der Waals surface area contributed by atoms with Crippen LogP contribution in [0.25, 0.3) is 0 Å². The minimum absolute atomic E-state index is 0.0254. The molecule has 0 bridgehead atoms. The lowest BCUT2D eigenvalue weighted by atomic mass is 10.0. The van der Waals surface area contributed by atoms with Crippen LogP contribution in [0.3, 0.4) is 0 Å². The first kappa shape index (κ1) is 29.5. The number of halogens is 6. The summed E-state index contributed by atoms with van der Waals surface area (Å²) in [6.07, 6.45) is -9.32. The third-order valence-corrected chi connectivity index (χ3v) is 5.65. The van der Waals surface area contributed by atoms with Gasteiger partial charge in [-0.2, -0.15) is 26.3 Å². The summed E-state index contributed by atoms with van der Waals surface area (Å²) in [7, 11) is 2.93. The van der Waals surface area contributed by atoms with E-state index in [0.717, 1.165) is 16.2 Å². The fourth-order valence-corrected chi connectivity index (χ4v) is 3.86. The lowest BCUT2D eigenvalue weighted by Crippen LogP contribution is -2.32. The van der Waals surface area contributed by atoms with Crippen molar-refractivity contribution in [2.45, 2.75) is 31.7 Å². The maximum atomic E-state index is 13.2. The number of ether oxygens (including phenoxy) is 2. The zero-order chi connectivity index (χ0) is 26.9. The molecular formula is C22H25F6N3O4S. The molecule has 0 unspecified atom stereocenters. The average Bonchev–Trinajstić information content (AvgIpc) is 3.28. The summed E-state index contributed by atoms with van der Waals surface area (Å²) in [5, 5.41) is 4.38. The van der Waals surface area contributed by atoms with Crippen molar-refractivity contribution in [3.63, 3.8) is 0 Å². The van der Waals surface area contributed by atoms with Crippen LogP contribution in [0, 0.1) is 0 Å². The van der Waals surface area contributed by atoms with Gasteiger partial charge in [0.05, 0.1) is 17.7 Å². The van der Waals surface area contributed by atoms with Gasteiger partial charge in [0.1, 0.15) is 10.7 Å². The third kappa shape index (κ3) is 8.75. The number of thiazole rings is 1. The predicted octanol–water partition coefficient (Wildman–Crippen LogP) is 4.63. The number of amides is 2. The number of nitrogens with one attached hydrogen (secondary N) is 1. The number of hydrogen-bond acceptors (Lipinski definition) is 6. The van der Waals surface area contributed by atoms with E-state index in [0.29, 0.717) is 31.7 Å². The topological polar surface area (TPSA) is 80.8 Å². The summed E-state index contributed by atoms with van der Waals surface area (Å²) in [5.74, 6) is -1.50. The third-order valence-electron chi connectivity index (χ3n) is 4.82. The van der Waals surface area contributed by atoms with Gasteiger partial charge in [0, 0.05) is 51.5 Å². The minimum atomic E-state index is -5.09. The molecule has 0 aliphatic heterocycles. The molecule has 0 saturated heterocycles. The van der Waals surface area contributed by atoms with E-state index >= 15 is 0 Å². The second kappa shape index (κ2) is 13.0. The fourth-order valence-electron chi connectivity index (χ4n) is 3.07. The van der Waals surface area contributed by atoms with Gasteiger partial charge in [-0.05, 0) is 31.0 Å². The second-order valence-corrected chi connectivity index (χ2v) is 8.54. The van der Waals surface area contributed by atoms with E-state index in [1.807, 2.05) is 0 Å². The molecule has 2 rings (SSSR count). The fraction of sp³-hybridized carbons (Fsp3) is 0.500. The van der Waals surface area contributed by atoms with Crippen LogP contribution in [0.2, 0.25) is 0 Å². The Balaban J connectivity index is 2.29. The largest absolute Gasteiger partial charge is 0.416 e. The Bertz CT molecular complexity index is 994. The Morgan fingerprint density at radius 3 is 2.11 bits per heavy atom. The van der Waals surface area contributed by atoms with Crippen LogP contribution >= 0.6 is 11.3 Å². The summed E-state index contributed by atoms with van der Waals surface area (Å²) in [6.45, 7) is 0.752. The summed E-state index contributed by atoms with van der Waals surface area (Å²) in [6, 6.07) is 0.744.